The fourth-order valence-electron chi connectivity index (χ4n) is 1.21. The van der Waals surface area contributed by atoms with Gasteiger partial charge in [-0.1, -0.05) is 13.8 Å². The first-order chi connectivity index (χ1) is 7.22. The van der Waals surface area contributed by atoms with E-state index >= 15 is 0 Å². The molecule has 0 aliphatic carbocycles. The van der Waals surface area contributed by atoms with Crippen molar-refractivity contribution in [1.82, 2.24) is 9.97 Å². The Labute approximate surface area is 90.0 Å². The lowest BCUT2D eigenvalue weighted by Gasteiger charge is -2.15. The van der Waals surface area contributed by atoms with Gasteiger partial charge in [-0.15, -0.1) is 0 Å². The number of nitrogens with one attached hydrogen (secondary N) is 1. The second-order valence-electron chi connectivity index (χ2n) is 3.34. The van der Waals surface area contributed by atoms with Crippen molar-refractivity contribution < 1.29 is 4.74 Å². The minimum absolute atomic E-state index is 0.149. The van der Waals surface area contributed by atoms with E-state index in [1.165, 1.54) is 6.33 Å². The van der Waals surface area contributed by atoms with Crippen LogP contribution in [0.5, 0.6) is 5.88 Å². The molecular weight excluding hydrogens is 192 g/mol. The summed E-state index contributed by atoms with van der Waals surface area (Å²) >= 11 is 0. The molecule has 1 heterocycles. The summed E-state index contributed by atoms with van der Waals surface area (Å²) in [5.74, 6) is 6.61. The van der Waals surface area contributed by atoms with Gasteiger partial charge in [-0.25, -0.2) is 15.8 Å². The fraction of sp³-hybridized carbons (Fsp3) is 0.600. The number of nitrogens with zero attached hydrogens (tertiary/aromatic N) is 2. The molecule has 1 rings (SSSR count). The number of ether oxygens (including phenoxy) is 1. The van der Waals surface area contributed by atoms with Gasteiger partial charge in [0.1, 0.15) is 12.1 Å². The quantitative estimate of drug-likeness (QED) is 0.569. The van der Waals surface area contributed by atoms with Crippen LogP contribution in [0.15, 0.2) is 6.33 Å². The zero-order valence-electron chi connectivity index (χ0n) is 9.45. The zero-order chi connectivity index (χ0) is 11.3. The molecule has 5 heteroatoms. The van der Waals surface area contributed by atoms with Gasteiger partial charge in [0.05, 0.1) is 11.7 Å². The van der Waals surface area contributed by atoms with Gasteiger partial charge in [0.25, 0.3) is 0 Å². The molecule has 0 spiro atoms. The van der Waals surface area contributed by atoms with Crippen molar-refractivity contribution in [2.75, 3.05) is 5.43 Å². The Bertz CT molecular complexity index is 316. The number of nitrogen functional groups attached to an aromatic ring is 1. The van der Waals surface area contributed by atoms with Crippen LogP contribution in [0, 0.1) is 0 Å². The summed E-state index contributed by atoms with van der Waals surface area (Å²) in [6.07, 6.45) is 3.33. The Morgan fingerprint density at radius 1 is 1.47 bits per heavy atom. The van der Waals surface area contributed by atoms with E-state index in [2.05, 4.69) is 22.3 Å². The lowest BCUT2D eigenvalue weighted by atomic mass is 10.2. The Balaban J connectivity index is 2.95. The topological polar surface area (TPSA) is 73.1 Å². The Morgan fingerprint density at radius 3 is 2.73 bits per heavy atom. The molecule has 84 valence electrons. The van der Waals surface area contributed by atoms with E-state index in [1.54, 1.807) is 0 Å². The average Bonchev–Trinajstić information content (AvgIpc) is 2.28. The van der Waals surface area contributed by atoms with Gasteiger partial charge in [0, 0.05) is 0 Å². The van der Waals surface area contributed by atoms with Crippen molar-refractivity contribution in [2.45, 2.75) is 39.7 Å². The predicted octanol–water partition coefficient (Wildman–Crippen LogP) is 1.50. The van der Waals surface area contributed by atoms with E-state index in [1.807, 2.05) is 13.8 Å². The van der Waals surface area contributed by atoms with E-state index in [0.29, 0.717) is 11.7 Å². The molecule has 0 aliphatic rings. The van der Waals surface area contributed by atoms with Crippen molar-refractivity contribution in [1.29, 1.82) is 0 Å². The van der Waals surface area contributed by atoms with Crippen molar-refractivity contribution in [2.24, 2.45) is 5.84 Å². The summed E-state index contributed by atoms with van der Waals surface area (Å²) in [7, 11) is 0. The van der Waals surface area contributed by atoms with Gasteiger partial charge in [-0.3, -0.25) is 0 Å². The third-order valence-electron chi connectivity index (χ3n) is 2.28. The highest BCUT2D eigenvalue weighted by atomic mass is 16.5. The Hall–Kier alpha value is -1.36. The van der Waals surface area contributed by atoms with Crippen molar-refractivity contribution in [3.05, 3.63) is 11.9 Å². The third-order valence-corrected chi connectivity index (χ3v) is 2.28. The first kappa shape index (κ1) is 11.7. The maximum Gasteiger partial charge on any atom is 0.222 e. The summed E-state index contributed by atoms with van der Waals surface area (Å²) in [6, 6.07) is 0. The first-order valence-corrected chi connectivity index (χ1v) is 5.20. The van der Waals surface area contributed by atoms with Crippen LogP contribution in [0.1, 0.15) is 32.8 Å². The molecule has 0 bridgehead atoms. The molecule has 1 unspecified atom stereocenters. The Morgan fingerprint density at radius 2 is 2.20 bits per heavy atom. The number of nitrogens with two attached hydrogens (primary N) is 1. The molecule has 0 aromatic carbocycles. The van der Waals surface area contributed by atoms with Crippen LogP contribution in [0.3, 0.4) is 0 Å². The zero-order valence-corrected chi connectivity index (χ0v) is 9.45. The molecule has 0 radical (unpaired) electrons. The highest BCUT2D eigenvalue weighted by Crippen LogP contribution is 2.22. The van der Waals surface area contributed by atoms with Gasteiger partial charge in [0.2, 0.25) is 5.88 Å². The minimum atomic E-state index is 0.149. The van der Waals surface area contributed by atoms with Crippen molar-refractivity contribution in [3.63, 3.8) is 0 Å². The number of hydrogen-bond donors (Lipinski definition) is 2. The standard InChI is InChI=1S/C10H18N4O/c1-4-7(3)15-10-8(5-2)9(14-11)12-6-13-10/h6-7H,4-5,11H2,1-3H3,(H,12,13,14). The normalized spacial score (nSPS) is 12.3. The average molecular weight is 210 g/mol. The van der Waals surface area contributed by atoms with Crippen LogP contribution in [0.25, 0.3) is 0 Å². The minimum Gasteiger partial charge on any atom is -0.474 e. The highest BCUT2D eigenvalue weighted by molar-refractivity contribution is 5.47. The van der Waals surface area contributed by atoms with Gasteiger partial charge in [-0.2, -0.15) is 0 Å². The second-order valence-corrected chi connectivity index (χ2v) is 3.34. The van der Waals surface area contributed by atoms with Crippen molar-refractivity contribution in [3.8, 4) is 5.88 Å². The third kappa shape index (κ3) is 2.79. The van der Waals surface area contributed by atoms with Crippen LogP contribution in [0.4, 0.5) is 5.82 Å². The number of rotatable bonds is 5. The number of hydrazine groups is 1. The maximum atomic E-state index is 5.68. The summed E-state index contributed by atoms with van der Waals surface area (Å²) in [4.78, 5) is 8.15. The predicted molar refractivity (Wildman–Crippen MR) is 59.6 cm³/mol. The number of aromatic nitrogens is 2. The van der Waals surface area contributed by atoms with E-state index in [0.717, 1.165) is 18.4 Å². The van der Waals surface area contributed by atoms with E-state index in [4.69, 9.17) is 10.6 Å². The second kappa shape index (κ2) is 5.50. The Kier molecular flexibility index (Phi) is 4.30. The molecule has 3 N–H and O–H groups in total. The molecule has 0 amide bonds. The summed E-state index contributed by atoms with van der Waals surface area (Å²) < 4.78 is 5.68. The van der Waals surface area contributed by atoms with Gasteiger partial charge in [0.15, 0.2) is 0 Å². The molecule has 0 aliphatic heterocycles. The monoisotopic (exact) mass is 210 g/mol. The molecular formula is C10H18N4O. The van der Waals surface area contributed by atoms with Gasteiger partial charge in [-0.05, 0) is 19.8 Å². The number of anilines is 1. The maximum absolute atomic E-state index is 5.68. The molecule has 1 aromatic heterocycles. The van der Waals surface area contributed by atoms with Gasteiger partial charge < -0.3 is 10.2 Å². The molecule has 15 heavy (non-hydrogen) atoms. The van der Waals surface area contributed by atoms with Gasteiger partial charge >= 0.3 is 0 Å². The van der Waals surface area contributed by atoms with Crippen LogP contribution in [-0.4, -0.2) is 16.1 Å². The SMILES string of the molecule is CCc1c(NN)ncnc1OC(C)CC. The molecule has 0 fully saturated rings. The van der Waals surface area contributed by atoms with Crippen molar-refractivity contribution >= 4 is 5.82 Å². The molecule has 1 aromatic rings. The molecule has 5 nitrogen and oxygen atoms in total. The number of hydrogen-bond acceptors (Lipinski definition) is 5. The van der Waals surface area contributed by atoms with E-state index in [-0.39, 0.29) is 6.10 Å². The first-order valence-electron chi connectivity index (χ1n) is 5.20. The lowest BCUT2D eigenvalue weighted by molar-refractivity contribution is 0.206. The van der Waals surface area contributed by atoms with Crippen LogP contribution < -0.4 is 16.0 Å². The molecule has 0 saturated heterocycles. The summed E-state index contributed by atoms with van der Waals surface area (Å²) in [5, 5.41) is 0. The van der Waals surface area contributed by atoms with Crippen LogP contribution in [0.2, 0.25) is 0 Å². The summed E-state index contributed by atoms with van der Waals surface area (Å²) in [5.41, 5.74) is 3.46. The smallest absolute Gasteiger partial charge is 0.222 e. The van der Waals surface area contributed by atoms with Crippen LogP contribution >= 0.6 is 0 Å². The van der Waals surface area contributed by atoms with E-state index < -0.39 is 0 Å². The summed E-state index contributed by atoms with van der Waals surface area (Å²) in [6.45, 7) is 6.10. The largest absolute Gasteiger partial charge is 0.474 e. The van der Waals surface area contributed by atoms with Crippen LogP contribution in [-0.2, 0) is 6.42 Å². The highest BCUT2D eigenvalue weighted by Gasteiger charge is 2.11. The fourth-order valence-corrected chi connectivity index (χ4v) is 1.21. The van der Waals surface area contributed by atoms with E-state index in [9.17, 15) is 0 Å². The molecule has 1 atom stereocenters. The lowest BCUT2D eigenvalue weighted by Crippen LogP contribution is -2.16. The molecule has 0 saturated carbocycles.